The SMILES string of the molecule is CC(F)(F)c1cnc(N2CCC(Oc3cc(=O)n(-c4ccc(Cl)c(Cl)c4)nc3C#N)CC2)nc1. The van der Waals surface area contributed by atoms with E-state index in [1.165, 1.54) is 18.2 Å². The summed E-state index contributed by atoms with van der Waals surface area (Å²) in [5.74, 6) is -2.55. The molecule has 8 nitrogen and oxygen atoms in total. The highest BCUT2D eigenvalue weighted by Crippen LogP contribution is 2.28. The molecule has 3 heterocycles. The van der Waals surface area contributed by atoms with Crippen LogP contribution in [0.1, 0.15) is 31.0 Å². The minimum atomic E-state index is -3.00. The molecule has 0 saturated carbocycles. The van der Waals surface area contributed by atoms with Gasteiger partial charge in [0, 0.05) is 45.2 Å². The van der Waals surface area contributed by atoms with E-state index in [-0.39, 0.29) is 28.1 Å². The summed E-state index contributed by atoms with van der Waals surface area (Å²) < 4.78 is 33.7. The smallest absolute Gasteiger partial charge is 0.275 e. The second-order valence-corrected chi connectivity index (χ2v) is 8.60. The van der Waals surface area contributed by atoms with Gasteiger partial charge in [-0.3, -0.25) is 4.79 Å². The predicted octanol–water partition coefficient (Wildman–Crippen LogP) is 4.36. The molecule has 1 aromatic carbocycles. The third-order valence-corrected chi connectivity index (χ3v) is 6.05. The molecule has 4 rings (SSSR count). The lowest BCUT2D eigenvalue weighted by Crippen LogP contribution is -2.39. The van der Waals surface area contributed by atoms with E-state index >= 15 is 0 Å². The quantitative estimate of drug-likeness (QED) is 0.506. The van der Waals surface area contributed by atoms with Gasteiger partial charge in [0.05, 0.1) is 27.4 Å². The molecule has 2 aromatic heterocycles. The van der Waals surface area contributed by atoms with Crippen molar-refractivity contribution in [1.29, 1.82) is 5.26 Å². The molecule has 1 fully saturated rings. The highest BCUT2D eigenvalue weighted by Gasteiger charge is 2.27. The van der Waals surface area contributed by atoms with Gasteiger partial charge in [0.15, 0.2) is 5.75 Å². The number of nitriles is 1. The average Bonchev–Trinajstić information content (AvgIpc) is 2.81. The van der Waals surface area contributed by atoms with E-state index in [0.717, 1.165) is 24.0 Å². The van der Waals surface area contributed by atoms with Gasteiger partial charge < -0.3 is 9.64 Å². The number of nitrogens with zero attached hydrogens (tertiary/aromatic N) is 6. The van der Waals surface area contributed by atoms with Crippen molar-refractivity contribution in [2.75, 3.05) is 18.0 Å². The van der Waals surface area contributed by atoms with Crippen LogP contribution in [0, 0.1) is 11.3 Å². The van der Waals surface area contributed by atoms with Crippen molar-refractivity contribution in [3.8, 4) is 17.5 Å². The number of halogens is 4. The summed E-state index contributed by atoms with van der Waals surface area (Å²) in [5.41, 5.74) is -0.428. The second-order valence-electron chi connectivity index (χ2n) is 7.78. The van der Waals surface area contributed by atoms with Gasteiger partial charge >= 0.3 is 0 Å². The van der Waals surface area contributed by atoms with Gasteiger partial charge in [-0.25, -0.2) is 18.7 Å². The topological polar surface area (TPSA) is 96.9 Å². The number of hydrogen-bond acceptors (Lipinski definition) is 7. The molecule has 176 valence electrons. The number of benzene rings is 1. The van der Waals surface area contributed by atoms with Gasteiger partial charge in [-0.1, -0.05) is 23.2 Å². The Balaban J connectivity index is 1.45. The fourth-order valence-electron chi connectivity index (χ4n) is 3.47. The number of rotatable bonds is 5. The first kappa shape index (κ1) is 23.9. The molecule has 1 aliphatic rings. The van der Waals surface area contributed by atoms with Crippen LogP contribution in [0.5, 0.6) is 5.75 Å². The zero-order valence-corrected chi connectivity index (χ0v) is 19.4. The summed E-state index contributed by atoms with van der Waals surface area (Å²) >= 11 is 11.9. The number of alkyl halides is 2. The van der Waals surface area contributed by atoms with Crippen molar-refractivity contribution in [3.05, 3.63) is 68.3 Å². The monoisotopic (exact) mass is 506 g/mol. The van der Waals surface area contributed by atoms with Crippen LogP contribution in [0.2, 0.25) is 10.0 Å². The first-order chi connectivity index (χ1) is 16.2. The van der Waals surface area contributed by atoms with E-state index in [4.69, 9.17) is 27.9 Å². The van der Waals surface area contributed by atoms with E-state index < -0.39 is 11.5 Å². The molecular formula is C22H18Cl2F2N6O2. The van der Waals surface area contributed by atoms with E-state index in [2.05, 4.69) is 15.1 Å². The van der Waals surface area contributed by atoms with Gasteiger partial charge in [0.1, 0.15) is 12.2 Å². The lowest BCUT2D eigenvalue weighted by molar-refractivity contribution is 0.0167. The summed E-state index contributed by atoms with van der Waals surface area (Å²) in [5, 5.41) is 14.2. The van der Waals surface area contributed by atoms with Crippen LogP contribution in [0.4, 0.5) is 14.7 Å². The van der Waals surface area contributed by atoms with Gasteiger partial charge in [-0.05, 0) is 18.2 Å². The molecule has 1 saturated heterocycles. The zero-order chi connectivity index (χ0) is 24.5. The second kappa shape index (κ2) is 9.52. The Labute approximate surface area is 203 Å². The van der Waals surface area contributed by atoms with Crippen molar-refractivity contribution in [1.82, 2.24) is 19.7 Å². The zero-order valence-electron chi connectivity index (χ0n) is 17.9. The Bertz CT molecular complexity index is 1300. The van der Waals surface area contributed by atoms with Crippen LogP contribution in [0.25, 0.3) is 5.69 Å². The third-order valence-electron chi connectivity index (χ3n) is 5.31. The Morgan fingerprint density at radius 2 is 1.82 bits per heavy atom. The first-order valence-electron chi connectivity index (χ1n) is 10.3. The van der Waals surface area contributed by atoms with Crippen LogP contribution in [0.3, 0.4) is 0 Å². The number of anilines is 1. The van der Waals surface area contributed by atoms with Crippen LogP contribution in [-0.4, -0.2) is 38.9 Å². The number of piperidine rings is 1. The highest BCUT2D eigenvalue weighted by molar-refractivity contribution is 6.42. The lowest BCUT2D eigenvalue weighted by Gasteiger charge is -2.32. The molecule has 0 bridgehead atoms. The first-order valence-corrected chi connectivity index (χ1v) is 11.0. The molecule has 34 heavy (non-hydrogen) atoms. The summed E-state index contributed by atoms with van der Waals surface area (Å²) in [7, 11) is 0. The molecule has 0 unspecified atom stereocenters. The Morgan fingerprint density at radius 1 is 1.15 bits per heavy atom. The predicted molar refractivity (Wildman–Crippen MR) is 122 cm³/mol. The third kappa shape index (κ3) is 5.11. The highest BCUT2D eigenvalue weighted by atomic mass is 35.5. The standard InChI is InChI=1S/C22H18Cl2F2N6O2/c1-22(25,26)13-11-28-21(29-12-13)31-6-4-15(5-7-31)34-19-9-20(33)32(30-18(19)10-27)14-2-3-16(23)17(24)8-14/h2-3,8-9,11-12,15H,4-7H2,1H3. The minimum absolute atomic E-state index is 0.0486. The molecule has 0 amide bonds. The van der Waals surface area contributed by atoms with E-state index in [1.807, 2.05) is 11.0 Å². The molecule has 0 atom stereocenters. The van der Waals surface area contributed by atoms with Gasteiger partial charge in [0.25, 0.3) is 11.5 Å². The fraction of sp³-hybridized carbons (Fsp3) is 0.318. The van der Waals surface area contributed by atoms with Crippen LogP contribution >= 0.6 is 23.2 Å². The molecule has 12 heteroatoms. The number of hydrogen-bond donors (Lipinski definition) is 0. The largest absolute Gasteiger partial charge is 0.487 e. The van der Waals surface area contributed by atoms with Crippen molar-refractivity contribution >= 4 is 29.2 Å². The van der Waals surface area contributed by atoms with Gasteiger partial charge in [-0.15, -0.1) is 5.10 Å². The number of aromatic nitrogens is 4. The van der Waals surface area contributed by atoms with E-state index in [1.54, 1.807) is 6.07 Å². The maximum atomic E-state index is 13.4. The van der Waals surface area contributed by atoms with Crippen molar-refractivity contribution in [3.63, 3.8) is 0 Å². The van der Waals surface area contributed by atoms with Crippen molar-refractivity contribution < 1.29 is 13.5 Å². The van der Waals surface area contributed by atoms with Crippen molar-refractivity contribution in [2.45, 2.75) is 31.8 Å². The fourth-order valence-corrected chi connectivity index (χ4v) is 3.77. The van der Waals surface area contributed by atoms with Crippen LogP contribution in [0.15, 0.2) is 41.5 Å². The maximum absolute atomic E-state index is 13.4. The Hall–Kier alpha value is -3.29. The normalized spacial score (nSPS) is 14.6. The van der Waals surface area contributed by atoms with Gasteiger partial charge in [0.2, 0.25) is 11.6 Å². The molecule has 0 spiro atoms. The summed E-state index contributed by atoms with van der Waals surface area (Å²) in [6, 6.07) is 7.74. The molecule has 0 aliphatic carbocycles. The average molecular weight is 507 g/mol. The molecule has 1 aliphatic heterocycles. The maximum Gasteiger partial charge on any atom is 0.275 e. The summed E-state index contributed by atoms with van der Waals surface area (Å²) in [4.78, 5) is 22.6. The van der Waals surface area contributed by atoms with Gasteiger partial charge in [-0.2, -0.15) is 9.94 Å². The molecule has 0 radical (unpaired) electrons. The Morgan fingerprint density at radius 3 is 2.41 bits per heavy atom. The van der Waals surface area contributed by atoms with E-state index in [0.29, 0.717) is 42.6 Å². The number of ether oxygens (including phenoxy) is 1. The van der Waals surface area contributed by atoms with Crippen LogP contribution < -0.4 is 15.2 Å². The van der Waals surface area contributed by atoms with E-state index in [9.17, 15) is 18.8 Å². The Kier molecular flexibility index (Phi) is 6.68. The summed E-state index contributed by atoms with van der Waals surface area (Å²) in [6.45, 7) is 1.83. The molecule has 3 aromatic rings. The lowest BCUT2D eigenvalue weighted by atomic mass is 10.1. The molecular weight excluding hydrogens is 489 g/mol. The summed E-state index contributed by atoms with van der Waals surface area (Å²) in [6.07, 6.45) is 3.08. The molecule has 0 N–H and O–H groups in total. The van der Waals surface area contributed by atoms with Crippen molar-refractivity contribution in [2.24, 2.45) is 0 Å². The van der Waals surface area contributed by atoms with Crippen LogP contribution in [-0.2, 0) is 5.92 Å². The minimum Gasteiger partial charge on any atom is -0.487 e.